The molecule has 0 aliphatic rings. The minimum Gasteiger partial charge on any atom is -0.422 e. The summed E-state index contributed by atoms with van der Waals surface area (Å²) in [5, 5.41) is 0.967. The van der Waals surface area contributed by atoms with Crippen molar-refractivity contribution in [2.45, 2.75) is 19.8 Å². The molecule has 3 rings (SSSR count). The molecule has 2 nitrogen and oxygen atoms in total. The van der Waals surface area contributed by atoms with Crippen molar-refractivity contribution in [3.63, 3.8) is 0 Å². The fourth-order valence-corrected chi connectivity index (χ4v) is 2.41. The van der Waals surface area contributed by atoms with Crippen LogP contribution in [-0.4, -0.2) is 0 Å². The average molecular weight is 264 g/mol. The molecular formula is C18H16O2. The standard InChI is InChI=1S/C18H16O2/c1-12(2)16-11-14-9-6-10-15(17(14)20-18(16)19)13-7-4-3-5-8-13/h3-12H,1-2H3. The minimum absolute atomic E-state index is 0.163. The van der Waals surface area contributed by atoms with Gasteiger partial charge in [0.1, 0.15) is 5.58 Å². The molecule has 0 spiro atoms. The third kappa shape index (κ3) is 2.14. The van der Waals surface area contributed by atoms with E-state index in [0.717, 1.165) is 22.1 Å². The molecule has 0 aliphatic heterocycles. The molecule has 0 unspecified atom stereocenters. The number of hydrogen-bond acceptors (Lipinski definition) is 2. The highest BCUT2D eigenvalue weighted by molar-refractivity contribution is 5.92. The van der Waals surface area contributed by atoms with Crippen LogP contribution in [0, 0.1) is 0 Å². The minimum atomic E-state index is -0.240. The lowest BCUT2D eigenvalue weighted by Gasteiger charge is -2.08. The van der Waals surface area contributed by atoms with Crippen LogP contribution in [0.15, 0.2) is 63.8 Å². The van der Waals surface area contributed by atoms with Gasteiger partial charge in [0, 0.05) is 16.5 Å². The van der Waals surface area contributed by atoms with E-state index in [2.05, 4.69) is 0 Å². The molecule has 0 fully saturated rings. The maximum Gasteiger partial charge on any atom is 0.339 e. The van der Waals surface area contributed by atoms with Gasteiger partial charge in [-0.25, -0.2) is 4.79 Å². The normalized spacial score (nSPS) is 11.2. The van der Waals surface area contributed by atoms with Crippen molar-refractivity contribution in [2.75, 3.05) is 0 Å². The van der Waals surface area contributed by atoms with E-state index in [0.29, 0.717) is 5.58 Å². The van der Waals surface area contributed by atoms with E-state index in [-0.39, 0.29) is 11.5 Å². The molecule has 0 amide bonds. The molecule has 1 heterocycles. The van der Waals surface area contributed by atoms with E-state index >= 15 is 0 Å². The van der Waals surface area contributed by atoms with Gasteiger partial charge in [0.25, 0.3) is 0 Å². The van der Waals surface area contributed by atoms with Gasteiger partial charge in [-0.1, -0.05) is 62.4 Å². The number of fused-ring (bicyclic) bond motifs is 1. The summed E-state index contributed by atoms with van der Waals surface area (Å²) in [6.45, 7) is 4.00. The summed E-state index contributed by atoms with van der Waals surface area (Å²) in [5.74, 6) is 0.163. The first-order valence-corrected chi connectivity index (χ1v) is 6.79. The first kappa shape index (κ1) is 12.7. The van der Waals surface area contributed by atoms with E-state index in [1.54, 1.807) is 0 Å². The zero-order chi connectivity index (χ0) is 14.1. The molecule has 0 aliphatic carbocycles. The van der Waals surface area contributed by atoms with Gasteiger partial charge >= 0.3 is 5.63 Å². The Morgan fingerprint density at radius 1 is 0.950 bits per heavy atom. The summed E-state index contributed by atoms with van der Waals surface area (Å²) >= 11 is 0. The van der Waals surface area contributed by atoms with Gasteiger partial charge < -0.3 is 4.42 Å². The Labute approximate surface area is 117 Å². The number of hydrogen-bond donors (Lipinski definition) is 0. The van der Waals surface area contributed by atoms with Gasteiger partial charge in [-0.05, 0) is 17.5 Å². The SMILES string of the molecule is CC(C)c1cc2cccc(-c3ccccc3)c2oc1=O. The number of para-hydroxylation sites is 1. The lowest BCUT2D eigenvalue weighted by molar-refractivity contribution is 0.545. The van der Waals surface area contributed by atoms with E-state index in [4.69, 9.17) is 4.42 Å². The maximum atomic E-state index is 12.1. The predicted octanol–water partition coefficient (Wildman–Crippen LogP) is 4.58. The molecule has 0 atom stereocenters. The van der Waals surface area contributed by atoms with Gasteiger partial charge in [0.2, 0.25) is 0 Å². The zero-order valence-electron chi connectivity index (χ0n) is 11.6. The summed E-state index contributed by atoms with van der Waals surface area (Å²) in [6.07, 6.45) is 0. The van der Waals surface area contributed by atoms with Crippen molar-refractivity contribution in [3.8, 4) is 11.1 Å². The molecule has 1 aromatic heterocycles. The molecule has 0 bridgehead atoms. The lowest BCUT2D eigenvalue weighted by Crippen LogP contribution is -2.08. The Morgan fingerprint density at radius 2 is 1.70 bits per heavy atom. The van der Waals surface area contributed by atoms with Crippen molar-refractivity contribution < 1.29 is 4.42 Å². The van der Waals surface area contributed by atoms with Crippen LogP contribution in [0.3, 0.4) is 0 Å². The largest absolute Gasteiger partial charge is 0.422 e. The Kier molecular flexibility index (Phi) is 3.15. The van der Waals surface area contributed by atoms with Gasteiger partial charge in [0.05, 0.1) is 0 Å². The van der Waals surface area contributed by atoms with Crippen molar-refractivity contribution in [3.05, 3.63) is 70.6 Å². The summed E-state index contributed by atoms with van der Waals surface area (Å²) in [7, 11) is 0. The van der Waals surface area contributed by atoms with Crippen LogP contribution in [0.5, 0.6) is 0 Å². The molecule has 0 N–H and O–H groups in total. The first-order chi connectivity index (χ1) is 9.66. The molecule has 0 saturated carbocycles. The average Bonchev–Trinajstić information content (AvgIpc) is 2.46. The van der Waals surface area contributed by atoms with Crippen LogP contribution in [0.1, 0.15) is 25.3 Å². The fourth-order valence-electron chi connectivity index (χ4n) is 2.41. The summed E-state index contributed by atoms with van der Waals surface area (Å²) in [4.78, 5) is 12.1. The Morgan fingerprint density at radius 3 is 2.40 bits per heavy atom. The van der Waals surface area contributed by atoms with E-state index in [1.165, 1.54) is 0 Å². The van der Waals surface area contributed by atoms with Crippen molar-refractivity contribution in [1.29, 1.82) is 0 Å². The van der Waals surface area contributed by atoms with Crippen LogP contribution < -0.4 is 5.63 Å². The third-order valence-corrected chi connectivity index (χ3v) is 3.49. The van der Waals surface area contributed by atoms with Crippen LogP contribution in [0.2, 0.25) is 0 Å². The zero-order valence-corrected chi connectivity index (χ0v) is 11.6. The quantitative estimate of drug-likeness (QED) is 0.634. The summed E-state index contributed by atoms with van der Waals surface area (Å²) in [5.41, 5.74) is 3.15. The van der Waals surface area contributed by atoms with Crippen LogP contribution in [0.4, 0.5) is 0 Å². The molecule has 2 heteroatoms. The fraction of sp³-hybridized carbons (Fsp3) is 0.167. The van der Waals surface area contributed by atoms with Crippen molar-refractivity contribution in [2.24, 2.45) is 0 Å². The third-order valence-electron chi connectivity index (χ3n) is 3.49. The van der Waals surface area contributed by atoms with Gasteiger partial charge in [-0.2, -0.15) is 0 Å². The maximum absolute atomic E-state index is 12.1. The van der Waals surface area contributed by atoms with E-state index in [9.17, 15) is 4.79 Å². The Bertz CT molecular complexity index is 799. The highest BCUT2D eigenvalue weighted by Gasteiger charge is 2.11. The second kappa shape index (κ2) is 4.97. The smallest absolute Gasteiger partial charge is 0.339 e. The molecule has 2 aromatic carbocycles. The summed E-state index contributed by atoms with van der Waals surface area (Å²) < 4.78 is 5.58. The highest BCUT2D eigenvalue weighted by atomic mass is 16.4. The second-order valence-electron chi connectivity index (χ2n) is 5.23. The summed E-state index contributed by atoms with van der Waals surface area (Å²) in [6, 6.07) is 17.9. The van der Waals surface area contributed by atoms with E-state index in [1.807, 2.05) is 68.4 Å². The van der Waals surface area contributed by atoms with Gasteiger partial charge in [0.15, 0.2) is 0 Å². The van der Waals surface area contributed by atoms with Gasteiger partial charge in [-0.3, -0.25) is 0 Å². The van der Waals surface area contributed by atoms with Crippen molar-refractivity contribution >= 4 is 11.0 Å². The topological polar surface area (TPSA) is 30.2 Å². The van der Waals surface area contributed by atoms with Crippen molar-refractivity contribution in [1.82, 2.24) is 0 Å². The molecule has 3 aromatic rings. The van der Waals surface area contributed by atoms with E-state index < -0.39 is 0 Å². The molecule has 0 saturated heterocycles. The Hall–Kier alpha value is -2.35. The highest BCUT2D eigenvalue weighted by Crippen LogP contribution is 2.28. The lowest BCUT2D eigenvalue weighted by atomic mass is 10.00. The molecule has 0 radical (unpaired) electrons. The monoisotopic (exact) mass is 264 g/mol. The molecule has 100 valence electrons. The van der Waals surface area contributed by atoms with Gasteiger partial charge in [-0.15, -0.1) is 0 Å². The first-order valence-electron chi connectivity index (χ1n) is 6.79. The molecular weight excluding hydrogens is 248 g/mol. The number of benzene rings is 2. The van der Waals surface area contributed by atoms with Crippen LogP contribution in [0.25, 0.3) is 22.1 Å². The second-order valence-corrected chi connectivity index (χ2v) is 5.23. The Balaban J connectivity index is 2.31. The number of rotatable bonds is 2. The van der Waals surface area contributed by atoms with Crippen LogP contribution >= 0.6 is 0 Å². The van der Waals surface area contributed by atoms with Crippen LogP contribution in [-0.2, 0) is 0 Å². The molecule has 20 heavy (non-hydrogen) atoms. The predicted molar refractivity (Wildman–Crippen MR) is 82.0 cm³/mol.